The van der Waals surface area contributed by atoms with E-state index >= 15 is 0 Å². The predicted molar refractivity (Wildman–Crippen MR) is 45.4 cm³/mol. The summed E-state index contributed by atoms with van der Waals surface area (Å²) < 4.78 is 12.0. The topological polar surface area (TPSA) is 52.0 Å². The van der Waals surface area contributed by atoms with Crippen LogP contribution in [0, 0.1) is 5.92 Å². The van der Waals surface area contributed by atoms with Gasteiger partial charge in [-0.2, -0.15) is 0 Å². The van der Waals surface area contributed by atoms with Gasteiger partial charge in [-0.05, 0) is 6.92 Å². The molecule has 0 fully saturated rings. The molecule has 0 amide bonds. The SMILES string of the molecule is C/C=C(N)\C(N)=C/C(C)CF. The van der Waals surface area contributed by atoms with E-state index in [2.05, 4.69) is 0 Å². The standard InChI is InChI=1S/C8H15FN2/c1-3-7(10)8(11)4-6(2)5-9/h3-4,6H,5,10-11H2,1-2H3/b7-3+,8-4+. The molecular weight excluding hydrogens is 143 g/mol. The molecule has 0 aliphatic heterocycles. The maximum absolute atomic E-state index is 12.0. The number of rotatable bonds is 3. The zero-order chi connectivity index (χ0) is 8.85. The lowest BCUT2D eigenvalue weighted by Gasteiger charge is -2.03. The van der Waals surface area contributed by atoms with Gasteiger partial charge in [-0.15, -0.1) is 0 Å². The van der Waals surface area contributed by atoms with Gasteiger partial charge in [0.15, 0.2) is 0 Å². The van der Waals surface area contributed by atoms with Crippen molar-refractivity contribution in [3.05, 3.63) is 23.5 Å². The molecule has 1 atom stereocenters. The Morgan fingerprint density at radius 1 is 1.45 bits per heavy atom. The van der Waals surface area contributed by atoms with Crippen molar-refractivity contribution in [2.75, 3.05) is 6.67 Å². The highest BCUT2D eigenvalue weighted by molar-refractivity contribution is 5.24. The minimum Gasteiger partial charge on any atom is -0.397 e. The number of alkyl halides is 1. The van der Waals surface area contributed by atoms with Crippen LogP contribution in [-0.4, -0.2) is 6.67 Å². The Morgan fingerprint density at radius 2 is 2.00 bits per heavy atom. The summed E-state index contributed by atoms with van der Waals surface area (Å²) in [4.78, 5) is 0. The highest BCUT2D eigenvalue weighted by Gasteiger charge is 1.98. The fraction of sp³-hybridized carbons (Fsp3) is 0.500. The van der Waals surface area contributed by atoms with Gasteiger partial charge in [-0.3, -0.25) is 4.39 Å². The molecule has 0 aliphatic rings. The molecule has 0 radical (unpaired) electrons. The molecule has 4 N–H and O–H groups in total. The summed E-state index contributed by atoms with van der Waals surface area (Å²) in [5, 5.41) is 0. The van der Waals surface area contributed by atoms with Gasteiger partial charge in [0, 0.05) is 5.92 Å². The van der Waals surface area contributed by atoms with Gasteiger partial charge >= 0.3 is 0 Å². The Hall–Kier alpha value is -0.990. The first-order valence-electron chi connectivity index (χ1n) is 3.57. The molecule has 2 nitrogen and oxygen atoms in total. The summed E-state index contributed by atoms with van der Waals surface area (Å²) in [7, 11) is 0. The van der Waals surface area contributed by atoms with E-state index in [4.69, 9.17) is 11.5 Å². The Balaban J connectivity index is 4.21. The van der Waals surface area contributed by atoms with Gasteiger partial charge in [0.2, 0.25) is 0 Å². The third-order valence-corrected chi connectivity index (χ3v) is 1.35. The first kappa shape index (κ1) is 10.0. The van der Waals surface area contributed by atoms with E-state index in [1.54, 1.807) is 26.0 Å². The zero-order valence-electron chi connectivity index (χ0n) is 6.97. The first-order valence-corrected chi connectivity index (χ1v) is 3.57. The quantitative estimate of drug-likeness (QED) is 0.608. The fourth-order valence-corrected chi connectivity index (χ4v) is 0.614. The summed E-state index contributed by atoms with van der Waals surface area (Å²) in [6.07, 6.45) is 3.31. The molecule has 0 aromatic heterocycles. The maximum Gasteiger partial charge on any atom is 0.0955 e. The van der Waals surface area contributed by atoms with Gasteiger partial charge in [-0.1, -0.05) is 19.1 Å². The van der Waals surface area contributed by atoms with Gasteiger partial charge in [0.25, 0.3) is 0 Å². The summed E-state index contributed by atoms with van der Waals surface area (Å²) >= 11 is 0. The van der Waals surface area contributed by atoms with E-state index < -0.39 is 6.67 Å². The van der Waals surface area contributed by atoms with Crippen molar-refractivity contribution in [1.82, 2.24) is 0 Å². The average molecular weight is 158 g/mol. The fourth-order valence-electron chi connectivity index (χ4n) is 0.614. The van der Waals surface area contributed by atoms with E-state index in [0.29, 0.717) is 11.4 Å². The summed E-state index contributed by atoms with van der Waals surface area (Å²) in [5.74, 6) is -0.159. The number of hydrogen-bond donors (Lipinski definition) is 2. The van der Waals surface area contributed by atoms with Crippen LogP contribution in [-0.2, 0) is 0 Å². The smallest absolute Gasteiger partial charge is 0.0955 e. The lowest BCUT2D eigenvalue weighted by Crippen LogP contribution is -2.10. The summed E-state index contributed by atoms with van der Waals surface area (Å²) in [6, 6.07) is 0. The van der Waals surface area contributed by atoms with E-state index in [1.807, 2.05) is 0 Å². The molecule has 0 rings (SSSR count). The van der Waals surface area contributed by atoms with Crippen LogP contribution in [0.5, 0.6) is 0 Å². The Labute approximate surface area is 66.8 Å². The van der Waals surface area contributed by atoms with Crippen LogP contribution in [0.15, 0.2) is 23.5 Å². The Kier molecular flexibility index (Phi) is 4.34. The van der Waals surface area contributed by atoms with Crippen LogP contribution in [0.1, 0.15) is 13.8 Å². The molecule has 0 saturated heterocycles. The predicted octanol–water partition coefficient (Wildman–Crippen LogP) is 1.30. The second kappa shape index (κ2) is 4.77. The van der Waals surface area contributed by atoms with E-state index in [9.17, 15) is 4.39 Å². The van der Waals surface area contributed by atoms with Gasteiger partial charge in [0.1, 0.15) is 0 Å². The molecule has 64 valence electrons. The Morgan fingerprint density at radius 3 is 2.36 bits per heavy atom. The van der Waals surface area contributed by atoms with Crippen molar-refractivity contribution in [2.24, 2.45) is 17.4 Å². The molecule has 3 heteroatoms. The second-order valence-electron chi connectivity index (χ2n) is 2.50. The highest BCUT2D eigenvalue weighted by atomic mass is 19.1. The largest absolute Gasteiger partial charge is 0.397 e. The molecule has 0 heterocycles. The minimum absolute atomic E-state index is 0.159. The summed E-state index contributed by atoms with van der Waals surface area (Å²) in [5.41, 5.74) is 11.9. The van der Waals surface area contributed by atoms with Crippen molar-refractivity contribution in [1.29, 1.82) is 0 Å². The second-order valence-corrected chi connectivity index (χ2v) is 2.50. The molecule has 0 saturated carbocycles. The molecule has 0 bridgehead atoms. The van der Waals surface area contributed by atoms with Crippen LogP contribution < -0.4 is 11.5 Å². The molecule has 0 aliphatic carbocycles. The van der Waals surface area contributed by atoms with Crippen molar-refractivity contribution in [2.45, 2.75) is 13.8 Å². The number of nitrogens with two attached hydrogens (primary N) is 2. The normalized spacial score (nSPS) is 16.6. The van der Waals surface area contributed by atoms with Crippen molar-refractivity contribution < 1.29 is 4.39 Å². The van der Waals surface area contributed by atoms with Crippen LogP contribution in [0.2, 0.25) is 0 Å². The van der Waals surface area contributed by atoms with Crippen molar-refractivity contribution in [3.63, 3.8) is 0 Å². The molecule has 11 heavy (non-hydrogen) atoms. The number of hydrogen-bond acceptors (Lipinski definition) is 2. The van der Waals surface area contributed by atoms with E-state index in [-0.39, 0.29) is 5.92 Å². The van der Waals surface area contributed by atoms with Crippen molar-refractivity contribution >= 4 is 0 Å². The van der Waals surface area contributed by atoms with E-state index in [0.717, 1.165) is 0 Å². The lowest BCUT2D eigenvalue weighted by molar-refractivity contribution is 0.429. The monoisotopic (exact) mass is 158 g/mol. The minimum atomic E-state index is -0.405. The third kappa shape index (κ3) is 3.65. The van der Waals surface area contributed by atoms with Crippen LogP contribution in [0.3, 0.4) is 0 Å². The van der Waals surface area contributed by atoms with E-state index in [1.165, 1.54) is 0 Å². The molecular formula is C8H15FN2. The maximum atomic E-state index is 12.0. The van der Waals surface area contributed by atoms with Crippen LogP contribution >= 0.6 is 0 Å². The van der Waals surface area contributed by atoms with Gasteiger partial charge in [0.05, 0.1) is 18.1 Å². The Bertz CT molecular complexity index is 173. The van der Waals surface area contributed by atoms with Gasteiger partial charge < -0.3 is 11.5 Å². The van der Waals surface area contributed by atoms with Crippen LogP contribution in [0.4, 0.5) is 4.39 Å². The van der Waals surface area contributed by atoms with Crippen LogP contribution in [0.25, 0.3) is 0 Å². The summed E-state index contributed by atoms with van der Waals surface area (Å²) in [6.45, 7) is 3.13. The zero-order valence-corrected chi connectivity index (χ0v) is 6.97. The lowest BCUT2D eigenvalue weighted by atomic mass is 10.1. The molecule has 0 spiro atoms. The third-order valence-electron chi connectivity index (χ3n) is 1.35. The van der Waals surface area contributed by atoms with Crippen molar-refractivity contribution in [3.8, 4) is 0 Å². The average Bonchev–Trinajstić information content (AvgIpc) is 2.02. The van der Waals surface area contributed by atoms with Gasteiger partial charge in [-0.25, -0.2) is 0 Å². The number of halogens is 1. The molecule has 1 unspecified atom stereocenters. The molecule has 0 aromatic carbocycles. The first-order chi connectivity index (χ1) is 5.11. The molecule has 0 aromatic rings. The number of allylic oxidation sites excluding steroid dienone is 2. The highest BCUT2D eigenvalue weighted by Crippen LogP contribution is 2.03.